The van der Waals surface area contributed by atoms with Gasteiger partial charge in [0.1, 0.15) is 16.4 Å². The molecule has 14 heavy (non-hydrogen) atoms. The van der Waals surface area contributed by atoms with Crippen LogP contribution in [0.3, 0.4) is 0 Å². The maximum atomic E-state index is 10.6. The highest BCUT2D eigenvalue weighted by molar-refractivity contribution is 6.38. The number of phenols is 1. The number of carbonyl (C=O) groups is 1. The molecule has 0 unspecified atom stereocenters. The Labute approximate surface area is 83.3 Å². The molecule has 0 aliphatic heterocycles. The Bertz CT molecular complexity index is 515. The first-order valence-electron chi connectivity index (χ1n) is 3.74. The van der Waals surface area contributed by atoms with Crippen molar-refractivity contribution >= 4 is 28.5 Å². The minimum absolute atomic E-state index is 0.000134. The summed E-state index contributed by atoms with van der Waals surface area (Å²) >= 11 is 5.75. The maximum absolute atomic E-state index is 10.6. The van der Waals surface area contributed by atoms with Gasteiger partial charge in [-0.15, -0.1) is 0 Å². The molecule has 2 rings (SSSR count). The van der Waals surface area contributed by atoms with Crippen LogP contribution in [0.25, 0.3) is 11.0 Å². The van der Waals surface area contributed by atoms with Crippen molar-refractivity contribution in [1.82, 2.24) is 0 Å². The SMILES string of the molecule is O=C(O)c1oc2cc(O)ccc2c1Cl. The first-order chi connectivity index (χ1) is 6.59. The minimum Gasteiger partial charge on any atom is -0.508 e. The van der Waals surface area contributed by atoms with E-state index < -0.39 is 5.97 Å². The van der Waals surface area contributed by atoms with Crippen molar-refractivity contribution in [1.29, 1.82) is 0 Å². The van der Waals surface area contributed by atoms with Crippen LogP contribution < -0.4 is 0 Å². The van der Waals surface area contributed by atoms with Gasteiger partial charge in [-0.1, -0.05) is 11.6 Å². The molecule has 0 aliphatic rings. The maximum Gasteiger partial charge on any atom is 0.373 e. The number of furan rings is 1. The fourth-order valence-electron chi connectivity index (χ4n) is 1.19. The van der Waals surface area contributed by atoms with E-state index in [9.17, 15) is 4.79 Å². The van der Waals surface area contributed by atoms with Crippen molar-refractivity contribution in [2.24, 2.45) is 0 Å². The second-order valence-electron chi connectivity index (χ2n) is 2.73. The third-order valence-electron chi connectivity index (χ3n) is 1.81. The van der Waals surface area contributed by atoms with Crippen LogP contribution in [-0.2, 0) is 0 Å². The molecule has 0 aliphatic carbocycles. The van der Waals surface area contributed by atoms with E-state index in [2.05, 4.69) is 0 Å². The second kappa shape index (κ2) is 2.92. The molecule has 72 valence electrons. The Morgan fingerprint density at radius 3 is 2.79 bits per heavy atom. The molecule has 0 amide bonds. The van der Waals surface area contributed by atoms with Gasteiger partial charge in [-0.25, -0.2) is 4.79 Å². The number of carboxylic acids is 1. The summed E-state index contributed by atoms with van der Waals surface area (Å²) in [6.45, 7) is 0. The summed E-state index contributed by atoms with van der Waals surface area (Å²) in [4.78, 5) is 10.6. The minimum atomic E-state index is -1.23. The summed E-state index contributed by atoms with van der Waals surface area (Å²) < 4.78 is 4.95. The van der Waals surface area contributed by atoms with Crippen molar-refractivity contribution < 1.29 is 19.4 Å². The summed E-state index contributed by atoms with van der Waals surface area (Å²) in [6.07, 6.45) is 0. The van der Waals surface area contributed by atoms with Crippen molar-refractivity contribution in [3.05, 3.63) is 29.0 Å². The van der Waals surface area contributed by atoms with E-state index in [1.165, 1.54) is 18.2 Å². The van der Waals surface area contributed by atoms with Gasteiger partial charge in [0.2, 0.25) is 5.76 Å². The summed E-state index contributed by atoms with van der Waals surface area (Å²) in [7, 11) is 0. The van der Waals surface area contributed by atoms with Crippen molar-refractivity contribution in [3.63, 3.8) is 0 Å². The average Bonchev–Trinajstić information content (AvgIpc) is 2.43. The van der Waals surface area contributed by atoms with Crippen LogP contribution in [0.4, 0.5) is 0 Å². The van der Waals surface area contributed by atoms with Gasteiger partial charge in [0.05, 0.1) is 0 Å². The molecule has 0 radical (unpaired) electrons. The third-order valence-corrected chi connectivity index (χ3v) is 2.18. The predicted octanol–water partition coefficient (Wildman–Crippen LogP) is 2.49. The number of aromatic hydroxyl groups is 1. The van der Waals surface area contributed by atoms with Gasteiger partial charge in [0, 0.05) is 11.5 Å². The molecule has 1 aromatic carbocycles. The highest BCUT2D eigenvalue weighted by Crippen LogP contribution is 2.32. The number of fused-ring (bicyclic) bond motifs is 1. The molecule has 0 atom stereocenters. The van der Waals surface area contributed by atoms with Gasteiger partial charge in [0.15, 0.2) is 0 Å². The predicted molar refractivity (Wildman–Crippen MR) is 49.8 cm³/mol. The van der Waals surface area contributed by atoms with E-state index in [4.69, 9.17) is 26.2 Å². The molecule has 0 bridgehead atoms. The number of hydrogen-bond donors (Lipinski definition) is 2. The fourth-order valence-corrected chi connectivity index (χ4v) is 1.47. The van der Waals surface area contributed by atoms with E-state index in [1.807, 2.05) is 0 Å². The Kier molecular flexibility index (Phi) is 1.86. The molecule has 1 aromatic heterocycles. The molecule has 0 saturated carbocycles. The van der Waals surface area contributed by atoms with E-state index in [1.54, 1.807) is 0 Å². The fraction of sp³-hybridized carbons (Fsp3) is 0. The number of phenolic OH excluding ortho intramolecular Hbond substituents is 1. The molecule has 2 N–H and O–H groups in total. The number of halogens is 1. The Morgan fingerprint density at radius 1 is 1.43 bits per heavy atom. The summed E-state index contributed by atoms with van der Waals surface area (Å²) in [5.41, 5.74) is 0.257. The topological polar surface area (TPSA) is 70.7 Å². The lowest BCUT2D eigenvalue weighted by Crippen LogP contribution is -1.93. The zero-order chi connectivity index (χ0) is 10.3. The van der Waals surface area contributed by atoms with Crippen LogP contribution in [0.1, 0.15) is 10.6 Å². The Morgan fingerprint density at radius 2 is 2.14 bits per heavy atom. The number of aromatic carboxylic acids is 1. The zero-order valence-electron chi connectivity index (χ0n) is 6.82. The molecule has 5 heteroatoms. The van der Waals surface area contributed by atoms with Crippen LogP contribution >= 0.6 is 11.6 Å². The lowest BCUT2D eigenvalue weighted by molar-refractivity contribution is 0.0665. The molecule has 0 spiro atoms. The summed E-state index contributed by atoms with van der Waals surface area (Å²) in [5, 5.41) is 18.3. The van der Waals surface area contributed by atoms with Gasteiger partial charge < -0.3 is 14.6 Å². The van der Waals surface area contributed by atoms with Gasteiger partial charge in [0.25, 0.3) is 0 Å². The average molecular weight is 213 g/mol. The van der Waals surface area contributed by atoms with Crippen LogP contribution in [0, 0.1) is 0 Å². The Hall–Kier alpha value is -1.68. The molecule has 0 saturated heterocycles. The molecular weight excluding hydrogens is 208 g/mol. The van der Waals surface area contributed by atoms with Gasteiger partial charge >= 0.3 is 5.97 Å². The number of benzene rings is 1. The van der Waals surface area contributed by atoms with Crippen LogP contribution in [-0.4, -0.2) is 16.2 Å². The number of hydrogen-bond acceptors (Lipinski definition) is 3. The van der Waals surface area contributed by atoms with E-state index in [0.29, 0.717) is 5.39 Å². The standard InChI is InChI=1S/C9H5ClO4/c10-7-5-2-1-4(11)3-6(5)14-8(7)9(12)13/h1-3,11H,(H,12,13). The first-order valence-corrected chi connectivity index (χ1v) is 4.11. The normalized spacial score (nSPS) is 10.6. The van der Waals surface area contributed by atoms with Gasteiger partial charge in [-0.2, -0.15) is 0 Å². The Balaban J connectivity index is 2.79. The van der Waals surface area contributed by atoms with Crippen molar-refractivity contribution in [2.75, 3.05) is 0 Å². The summed E-state index contributed by atoms with van der Waals surface area (Å²) in [5.74, 6) is -1.54. The number of rotatable bonds is 1. The van der Waals surface area contributed by atoms with Crippen LogP contribution in [0.5, 0.6) is 5.75 Å². The largest absolute Gasteiger partial charge is 0.508 e. The molecule has 1 heterocycles. The lowest BCUT2D eigenvalue weighted by atomic mass is 10.2. The summed E-state index contributed by atoms with van der Waals surface area (Å²) in [6, 6.07) is 4.23. The van der Waals surface area contributed by atoms with Crippen LogP contribution in [0.15, 0.2) is 22.6 Å². The van der Waals surface area contributed by atoms with E-state index in [-0.39, 0.29) is 22.1 Å². The molecular formula is C9H5ClO4. The quantitative estimate of drug-likeness (QED) is 0.762. The van der Waals surface area contributed by atoms with Gasteiger partial charge in [-0.3, -0.25) is 0 Å². The van der Waals surface area contributed by atoms with E-state index >= 15 is 0 Å². The smallest absolute Gasteiger partial charge is 0.373 e. The number of carboxylic acid groups (broad SMARTS) is 1. The first kappa shape index (κ1) is 8.90. The van der Waals surface area contributed by atoms with E-state index in [0.717, 1.165) is 0 Å². The molecule has 0 fully saturated rings. The van der Waals surface area contributed by atoms with Crippen LogP contribution in [0.2, 0.25) is 5.02 Å². The van der Waals surface area contributed by atoms with Crippen molar-refractivity contribution in [2.45, 2.75) is 0 Å². The highest BCUT2D eigenvalue weighted by Gasteiger charge is 2.18. The highest BCUT2D eigenvalue weighted by atomic mass is 35.5. The monoisotopic (exact) mass is 212 g/mol. The molecule has 4 nitrogen and oxygen atoms in total. The third kappa shape index (κ3) is 1.20. The van der Waals surface area contributed by atoms with Gasteiger partial charge in [-0.05, 0) is 12.1 Å². The second-order valence-corrected chi connectivity index (χ2v) is 3.11. The molecule has 2 aromatic rings. The lowest BCUT2D eigenvalue weighted by Gasteiger charge is -1.89. The van der Waals surface area contributed by atoms with Crippen molar-refractivity contribution in [3.8, 4) is 5.75 Å². The zero-order valence-corrected chi connectivity index (χ0v) is 7.58.